The van der Waals surface area contributed by atoms with Gasteiger partial charge in [0.05, 0.1) is 24.8 Å². The smallest absolute Gasteiger partial charge is 0.338 e. The molecule has 1 unspecified atom stereocenters. The molecule has 0 saturated heterocycles. The Balaban J connectivity index is 1.83. The minimum Gasteiger partial charge on any atom is -0.493 e. The Morgan fingerprint density at radius 2 is 1.83 bits per heavy atom. The molecule has 1 atom stereocenters. The second-order valence-electron chi connectivity index (χ2n) is 8.24. The Labute approximate surface area is 204 Å². The third kappa shape index (κ3) is 6.75. The molecular weight excluding hydrogens is 450 g/mol. The van der Waals surface area contributed by atoms with Crippen molar-refractivity contribution >= 4 is 23.6 Å². The molecule has 2 aromatic carbocycles. The highest BCUT2D eigenvalue weighted by molar-refractivity contribution is 5.95. The molecule has 9 heteroatoms. The molecule has 0 fully saturated rings. The molecule has 0 saturated carbocycles. The lowest BCUT2D eigenvalue weighted by atomic mass is 9.93. The standard InChI is InChI=1S/C26H31N3O6/c1-5-9-19-23(25(31)35-16(2)3)24(29-26(32)28-19)17-12-13-20(21(14-17)33-4)34-15-22(30)27-18-10-7-6-8-11-18/h6-8,10-14,16,24H,5,9,15H2,1-4H3,(H,27,30)(H2,28,29,32). The highest BCUT2D eigenvalue weighted by atomic mass is 16.5. The van der Waals surface area contributed by atoms with Gasteiger partial charge in [0.15, 0.2) is 18.1 Å². The van der Waals surface area contributed by atoms with Crippen molar-refractivity contribution in [3.63, 3.8) is 0 Å². The van der Waals surface area contributed by atoms with Gasteiger partial charge in [-0.15, -0.1) is 0 Å². The number of benzene rings is 2. The predicted molar refractivity (Wildman–Crippen MR) is 131 cm³/mol. The minimum atomic E-state index is -0.735. The van der Waals surface area contributed by atoms with Crippen LogP contribution in [0, 0.1) is 0 Å². The monoisotopic (exact) mass is 481 g/mol. The summed E-state index contributed by atoms with van der Waals surface area (Å²) in [6.07, 6.45) is 0.937. The van der Waals surface area contributed by atoms with E-state index in [-0.39, 0.29) is 18.6 Å². The average molecular weight is 482 g/mol. The molecule has 1 aliphatic heterocycles. The van der Waals surface area contributed by atoms with E-state index in [9.17, 15) is 14.4 Å². The lowest BCUT2D eigenvalue weighted by Gasteiger charge is -2.30. The van der Waals surface area contributed by atoms with E-state index in [1.165, 1.54) is 7.11 Å². The minimum absolute atomic E-state index is 0.221. The number of hydrogen-bond donors (Lipinski definition) is 3. The summed E-state index contributed by atoms with van der Waals surface area (Å²) in [5.74, 6) is -0.114. The van der Waals surface area contributed by atoms with Gasteiger partial charge in [-0.1, -0.05) is 37.6 Å². The summed E-state index contributed by atoms with van der Waals surface area (Å²) in [7, 11) is 1.48. The number of para-hydroxylation sites is 1. The van der Waals surface area contributed by atoms with Gasteiger partial charge in [-0.25, -0.2) is 9.59 Å². The summed E-state index contributed by atoms with van der Waals surface area (Å²) in [6.45, 7) is 5.28. The fourth-order valence-corrected chi connectivity index (χ4v) is 3.68. The maximum absolute atomic E-state index is 13.0. The zero-order valence-corrected chi connectivity index (χ0v) is 20.3. The number of anilines is 1. The summed E-state index contributed by atoms with van der Waals surface area (Å²) in [4.78, 5) is 37.6. The second kappa shape index (κ2) is 11.9. The number of amides is 3. The molecule has 3 rings (SSSR count). The van der Waals surface area contributed by atoms with E-state index in [1.807, 2.05) is 25.1 Å². The van der Waals surface area contributed by atoms with E-state index >= 15 is 0 Å². The maximum atomic E-state index is 13.0. The van der Waals surface area contributed by atoms with Crippen molar-refractivity contribution in [2.75, 3.05) is 19.0 Å². The molecule has 0 bridgehead atoms. The summed E-state index contributed by atoms with van der Waals surface area (Å²) >= 11 is 0. The number of rotatable bonds is 10. The molecule has 9 nitrogen and oxygen atoms in total. The van der Waals surface area contributed by atoms with Gasteiger partial charge in [0, 0.05) is 11.4 Å². The normalized spacial score (nSPS) is 15.2. The van der Waals surface area contributed by atoms with Crippen molar-refractivity contribution in [3.8, 4) is 11.5 Å². The van der Waals surface area contributed by atoms with Gasteiger partial charge in [0.1, 0.15) is 0 Å². The van der Waals surface area contributed by atoms with Crippen molar-refractivity contribution in [2.45, 2.75) is 45.8 Å². The Hall–Kier alpha value is -4.01. The number of allylic oxidation sites excluding steroid dienone is 1. The average Bonchev–Trinajstić information content (AvgIpc) is 2.82. The number of urea groups is 1. The zero-order chi connectivity index (χ0) is 25.4. The number of esters is 1. The largest absolute Gasteiger partial charge is 0.493 e. The van der Waals surface area contributed by atoms with Crippen LogP contribution in [0.15, 0.2) is 59.8 Å². The highest BCUT2D eigenvalue weighted by Crippen LogP contribution is 2.35. The van der Waals surface area contributed by atoms with Crippen LogP contribution in [0.25, 0.3) is 0 Å². The van der Waals surface area contributed by atoms with Gasteiger partial charge in [0.25, 0.3) is 5.91 Å². The van der Waals surface area contributed by atoms with Crippen LogP contribution in [0.1, 0.15) is 45.2 Å². The van der Waals surface area contributed by atoms with E-state index in [2.05, 4.69) is 16.0 Å². The van der Waals surface area contributed by atoms with Crippen LogP contribution in [-0.4, -0.2) is 37.7 Å². The molecule has 3 N–H and O–H groups in total. The van der Waals surface area contributed by atoms with Crippen LogP contribution < -0.4 is 25.4 Å². The van der Waals surface area contributed by atoms with Gasteiger partial charge in [-0.2, -0.15) is 0 Å². The highest BCUT2D eigenvalue weighted by Gasteiger charge is 2.34. The molecule has 1 aliphatic rings. The first-order valence-corrected chi connectivity index (χ1v) is 11.5. The molecule has 35 heavy (non-hydrogen) atoms. The maximum Gasteiger partial charge on any atom is 0.338 e. The molecule has 0 radical (unpaired) electrons. The van der Waals surface area contributed by atoms with Crippen molar-refractivity contribution in [1.82, 2.24) is 10.6 Å². The Bertz CT molecular complexity index is 1100. The SMILES string of the molecule is CCCC1=C(C(=O)OC(C)C)C(c2ccc(OCC(=O)Nc3ccccc3)c(OC)c2)NC(=O)N1. The van der Waals surface area contributed by atoms with Crippen LogP contribution in [0.2, 0.25) is 0 Å². The Morgan fingerprint density at radius 1 is 1.09 bits per heavy atom. The summed E-state index contributed by atoms with van der Waals surface area (Å²) < 4.78 is 16.6. The Kier molecular flexibility index (Phi) is 8.72. The van der Waals surface area contributed by atoms with Crippen molar-refractivity contribution < 1.29 is 28.6 Å². The molecular formula is C26H31N3O6. The summed E-state index contributed by atoms with van der Waals surface area (Å²) in [5, 5.41) is 8.30. The third-order valence-corrected chi connectivity index (χ3v) is 5.15. The number of carbonyl (C=O) groups is 3. The van der Waals surface area contributed by atoms with Crippen molar-refractivity contribution in [3.05, 3.63) is 65.4 Å². The number of carbonyl (C=O) groups excluding carboxylic acids is 3. The van der Waals surface area contributed by atoms with E-state index in [1.54, 1.807) is 44.2 Å². The van der Waals surface area contributed by atoms with Gasteiger partial charge in [-0.3, -0.25) is 4.79 Å². The predicted octanol–water partition coefficient (Wildman–Crippen LogP) is 4.07. The molecule has 1 heterocycles. The fraction of sp³-hybridized carbons (Fsp3) is 0.346. The van der Waals surface area contributed by atoms with E-state index < -0.39 is 18.0 Å². The van der Waals surface area contributed by atoms with Crippen LogP contribution in [0.4, 0.5) is 10.5 Å². The van der Waals surface area contributed by atoms with Crippen molar-refractivity contribution in [2.24, 2.45) is 0 Å². The lowest BCUT2D eigenvalue weighted by molar-refractivity contribution is -0.143. The number of ether oxygens (including phenoxy) is 3. The zero-order valence-electron chi connectivity index (χ0n) is 20.3. The Morgan fingerprint density at radius 3 is 2.49 bits per heavy atom. The fourth-order valence-electron chi connectivity index (χ4n) is 3.68. The summed E-state index contributed by atoms with van der Waals surface area (Å²) in [5.41, 5.74) is 2.16. The molecule has 0 aliphatic carbocycles. The number of hydrogen-bond acceptors (Lipinski definition) is 6. The molecule has 186 valence electrons. The third-order valence-electron chi connectivity index (χ3n) is 5.15. The first kappa shape index (κ1) is 25.6. The van der Waals surface area contributed by atoms with Crippen LogP contribution in [0.3, 0.4) is 0 Å². The van der Waals surface area contributed by atoms with Crippen LogP contribution in [0.5, 0.6) is 11.5 Å². The second-order valence-corrected chi connectivity index (χ2v) is 8.24. The number of nitrogens with one attached hydrogen (secondary N) is 3. The topological polar surface area (TPSA) is 115 Å². The van der Waals surface area contributed by atoms with Crippen LogP contribution >= 0.6 is 0 Å². The van der Waals surface area contributed by atoms with E-state index in [0.29, 0.717) is 40.4 Å². The molecule has 0 spiro atoms. The quantitative estimate of drug-likeness (QED) is 0.441. The van der Waals surface area contributed by atoms with Gasteiger partial charge < -0.3 is 30.2 Å². The first-order valence-electron chi connectivity index (χ1n) is 11.5. The lowest BCUT2D eigenvalue weighted by Crippen LogP contribution is -2.46. The molecule has 3 amide bonds. The van der Waals surface area contributed by atoms with Gasteiger partial charge in [0.2, 0.25) is 0 Å². The molecule has 2 aromatic rings. The summed E-state index contributed by atoms with van der Waals surface area (Å²) in [6, 6.07) is 13.0. The van der Waals surface area contributed by atoms with Gasteiger partial charge >= 0.3 is 12.0 Å². The molecule has 0 aromatic heterocycles. The first-order chi connectivity index (χ1) is 16.8. The van der Waals surface area contributed by atoms with Crippen LogP contribution in [-0.2, 0) is 14.3 Å². The van der Waals surface area contributed by atoms with E-state index in [4.69, 9.17) is 14.2 Å². The van der Waals surface area contributed by atoms with E-state index in [0.717, 1.165) is 6.42 Å². The number of methoxy groups -OCH3 is 1. The van der Waals surface area contributed by atoms with Gasteiger partial charge in [-0.05, 0) is 50.1 Å². The van der Waals surface area contributed by atoms with Crippen molar-refractivity contribution in [1.29, 1.82) is 0 Å².